The third-order valence-electron chi connectivity index (χ3n) is 0.243. The van der Waals surface area contributed by atoms with Gasteiger partial charge < -0.3 is 15.0 Å². The molecule has 0 amide bonds. The van der Waals surface area contributed by atoms with E-state index in [1.54, 1.807) is 0 Å². The molecule has 0 saturated carbocycles. The van der Waals surface area contributed by atoms with Crippen LogP contribution in [0.4, 0.5) is 0 Å². The van der Waals surface area contributed by atoms with Gasteiger partial charge in [0, 0.05) is 12.2 Å². The summed E-state index contributed by atoms with van der Waals surface area (Å²) in [4.78, 5) is 8.25. The van der Waals surface area contributed by atoms with Crippen LogP contribution in [0.15, 0.2) is 0 Å². The van der Waals surface area contributed by atoms with Gasteiger partial charge in [0.1, 0.15) is 0 Å². The first-order valence-electron chi connectivity index (χ1n) is 1.98. The molecule has 0 aliphatic carbocycles. The molecule has 0 atom stereocenters. The number of aliphatic hydroxyl groups excluding tert-OH is 1. The van der Waals surface area contributed by atoms with Crippen LogP contribution in [0.5, 0.6) is 0 Å². The number of carbonyl (C=O) groups excluding carboxylic acids is 1. The van der Waals surface area contributed by atoms with Gasteiger partial charge in [0.05, 0.1) is 6.61 Å². The fraction of sp³-hybridized carbons (Fsp3) is 0.667. The number of carbonyl (C=O) groups is 1. The Morgan fingerprint density at radius 1 is 1.70 bits per heavy atom. The van der Waals surface area contributed by atoms with Gasteiger partial charge in [-0.2, -0.15) is 0 Å². The second-order valence-corrected chi connectivity index (χ2v) is 2.86. The van der Waals surface area contributed by atoms with E-state index in [0.29, 0.717) is 0 Å². The topological polar surface area (TPSA) is 86.4 Å². The molecule has 0 heterocycles. The summed E-state index contributed by atoms with van der Waals surface area (Å²) in [5.74, 6) is 0.723. The molecule has 0 aromatic carbocycles. The van der Waals surface area contributed by atoms with Crippen molar-refractivity contribution >= 4 is 28.2 Å². The molecule has 0 aliphatic heterocycles. The number of aliphatic hydroxyl groups is 1. The van der Waals surface area contributed by atoms with Gasteiger partial charge in [-0.05, 0) is 11.0 Å². The predicted octanol–water partition coefficient (Wildman–Crippen LogP) is -4.40. The molecule has 0 saturated heterocycles. The van der Waals surface area contributed by atoms with Crippen molar-refractivity contribution in [2.75, 3.05) is 12.4 Å². The van der Waals surface area contributed by atoms with Crippen LogP contribution >= 0.6 is 21.8 Å². The summed E-state index contributed by atoms with van der Waals surface area (Å²) >= 11 is 0. The smallest absolute Gasteiger partial charge is 0.554 e. The van der Waals surface area contributed by atoms with Crippen LogP contribution in [0, 0.1) is 0 Å². The molecule has 4 nitrogen and oxygen atoms in total. The summed E-state index contributed by atoms with van der Waals surface area (Å²) in [6.07, 6.45) is 0. The molecule has 0 aliphatic rings. The summed E-state index contributed by atoms with van der Waals surface area (Å²) in [5, 5.41) is 21.3. The van der Waals surface area contributed by atoms with Crippen molar-refractivity contribution in [2.24, 2.45) is 5.14 Å². The maximum atomic E-state index is 8.25. The van der Waals surface area contributed by atoms with Crippen molar-refractivity contribution in [3.63, 3.8) is 0 Å². The van der Waals surface area contributed by atoms with Crippen molar-refractivity contribution in [3.8, 4) is 0 Å². The first kappa shape index (κ1) is 17.3. The predicted molar refractivity (Wildman–Crippen MR) is 37.4 cm³/mol. The molecule has 56 valence electrons. The summed E-state index contributed by atoms with van der Waals surface area (Å²) in [6, 6.07) is 0. The Labute approximate surface area is 89.8 Å². The molecule has 0 aromatic rings. The van der Waals surface area contributed by atoms with Gasteiger partial charge >= 0.3 is 29.6 Å². The Morgan fingerprint density at radius 3 is 2.20 bits per heavy atom. The standard InChI is InChI=1S/C2H7NOS2.CH2O2.Na/c3-6-5-2-1-4;2-1-3;/h4H,1-3H2;1H,(H,2,3);/q;;+1/p-1. The van der Waals surface area contributed by atoms with Gasteiger partial charge in [-0.1, -0.05) is 10.8 Å². The quantitative estimate of drug-likeness (QED) is 0.155. The van der Waals surface area contributed by atoms with Crippen LogP contribution in [-0.2, 0) is 4.79 Å². The minimum atomic E-state index is -0.500. The molecule has 7 heteroatoms. The molecule has 0 aromatic heterocycles. The van der Waals surface area contributed by atoms with Gasteiger partial charge in [0.15, 0.2) is 0 Å². The zero-order valence-corrected chi connectivity index (χ0v) is 9.28. The van der Waals surface area contributed by atoms with Crippen LogP contribution in [0.1, 0.15) is 0 Å². The van der Waals surface area contributed by atoms with E-state index in [4.69, 9.17) is 20.1 Å². The molecule has 0 bridgehead atoms. The molecular formula is C3H8NNaO3S2. The largest absolute Gasteiger partial charge is 1.00 e. The van der Waals surface area contributed by atoms with E-state index in [-0.39, 0.29) is 36.2 Å². The van der Waals surface area contributed by atoms with Crippen molar-refractivity contribution < 1.29 is 44.6 Å². The zero-order chi connectivity index (χ0) is 7.54. The van der Waals surface area contributed by atoms with E-state index in [2.05, 4.69) is 0 Å². The first-order chi connectivity index (χ1) is 4.33. The third-order valence-corrected chi connectivity index (χ3v) is 1.64. The molecule has 0 rings (SSSR count). The SMILES string of the molecule is NSSCCO.O=C[O-].[Na+]. The number of nitrogens with two attached hydrogens (primary N) is 1. The minimum absolute atomic E-state index is 0. The van der Waals surface area contributed by atoms with E-state index in [1.807, 2.05) is 0 Å². The number of carboxylic acid groups (broad SMARTS) is 1. The minimum Gasteiger partial charge on any atom is -0.554 e. The third kappa shape index (κ3) is 35.6. The Bertz CT molecular complexity index is 55.0. The van der Waals surface area contributed by atoms with Crippen molar-refractivity contribution in [1.29, 1.82) is 0 Å². The number of hydrogen-bond donors (Lipinski definition) is 2. The maximum Gasteiger partial charge on any atom is 1.00 e. The fourth-order valence-electron chi connectivity index (χ4n) is 0.0854. The van der Waals surface area contributed by atoms with Gasteiger partial charge in [-0.15, -0.1) is 0 Å². The van der Waals surface area contributed by atoms with E-state index in [1.165, 1.54) is 21.8 Å². The average molecular weight is 193 g/mol. The molecular weight excluding hydrogens is 185 g/mol. The maximum absolute atomic E-state index is 8.25. The molecule has 0 radical (unpaired) electrons. The van der Waals surface area contributed by atoms with E-state index >= 15 is 0 Å². The van der Waals surface area contributed by atoms with Crippen LogP contribution < -0.4 is 39.8 Å². The van der Waals surface area contributed by atoms with Crippen LogP contribution in [-0.4, -0.2) is 23.9 Å². The molecule has 10 heavy (non-hydrogen) atoms. The Balaban J connectivity index is -0.000000107. The normalized spacial score (nSPS) is 6.60. The van der Waals surface area contributed by atoms with Crippen LogP contribution in [0.3, 0.4) is 0 Å². The molecule has 3 N–H and O–H groups in total. The van der Waals surface area contributed by atoms with Crippen LogP contribution in [0.25, 0.3) is 0 Å². The zero-order valence-electron chi connectivity index (χ0n) is 5.65. The van der Waals surface area contributed by atoms with Gasteiger partial charge in [0.2, 0.25) is 0 Å². The Kier molecular flexibility index (Phi) is 38.8. The second-order valence-electron chi connectivity index (χ2n) is 0.738. The summed E-state index contributed by atoms with van der Waals surface area (Å²) in [5.41, 5.74) is 0. The van der Waals surface area contributed by atoms with Crippen molar-refractivity contribution in [1.82, 2.24) is 0 Å². The van der Waals surface area contributed by atoms with Gasteiger partial charge in [0.25, 0.3) is 0 Å². The average Bonchev–Trinajstić information content (AvgIpc) is 1.86. The van der Waals surface area contributed by atoms with E-state index in [9.17, 15) is 0 Å². The van der Waals surface area contributed by atoms with Crippen molar-refractivity contribution in [3.05, 3.63) is 0 Å². The number of hydrogen-bond acceptors (Lipinski definition) is 6. The van der Waals surface area contributed by atoms with Crippen molar-refractivity contribution in [2.45, 2.75) is 0 Å². The first-order valence-corrected chi connectivity index (χ1v) is 4.36. The Hall–Kier alpha value is 1.09. The fourth-order valence-corrected chi connectivity index (χ4v) is 0.768. The molecule has 0 unspecified atom stereocenters. The van der Waals surface area contributed by atoms with Gasteiger partial charge in [-0.25, -0.2) is 0 Å². The summed E-state index contributed by atoms with van der Waals surface area (Å²) in [6.45, 7) is -0.283. The molecule has 0 fully saturated rings. The number of rotatable bonds is 3. The molecule has 0 spiro atoms. The second kappa shape index (κ2) is 22.5. The Morgan fingerprint density at radius 2 is 2.10 bits per heavy atom. The van der Waals surface area contributed by atoms with E-state index in [0.717, 1.165) is 5.75 Å². The monoisotopic (exact) mass is 193 g/mol. The summed E-state index contributed by atoms with van der Waals surface area (Å²) in [7, 11) is 2.64. The summed E-state index contributed by atoms with van der Waals surface area (Å²) < 4.78 is 0. The van der Waals surface area contributed by atoms with Gasteiger partial charge in [-0.3, -0.25) is 5.14 Å². The van der Waals surface area contributed by atoms with E-state index < -0.39 is 6.47 Å². The van der Waals surface area contributed by atoms with Crippen LogP contribution in [0.2, 0.25) is 0 Å².